The molecule has 1 spiro atoms. The van der Waals surface area contributed by atoms with Crippen LogP contribution in [0.5, 0.6) is 0 Å². The van der Waals surface area contributed by atoms with Crippen molar-refractivity contribution in [1.82, 2.24) is 4.90 Å². The molecule has 2 saturated carbocycles. The SMILES string of the molecule is NC1(C2CC2)CN(CC2CCC3(CCCC3)O2)C1. The molecule has 1 atom stereocenters. The van der Waals surface area contributed by atoms with Crippen molar-refractivity contribution < 1.29 is 4.74 Å². The van der Waals surface area contributed by atoms with Gasteiger partial charge >= 0.3 is 0 Å². The van der Waals surface area contributed by atoms with Crippen LogP contribution in [0.2, 0.25) is 0 Å². The minimum atomic E-state index is 0.170. The summed E-state index contributed by atoms with van der Waals surface area (Å²) in [6.07, 6.45) is 11.2. The van der Waals surface area contributed by atoms with Crippen molar-refractivity contribution >= 4 is 0 Å². The molecule has 3 heteroatoms. The van der Waals surface area contributed by atoms with Crippen molar-refractivity contribution in [2.75, 3.05) is 19.6 Å². The van der Waals surface area contributed by atoms with Crippen LogP contribution < -0.4 is 5.73 Å². The van der Waals surface area contributed by atoms with Gasteiger partial charge in [-0.25, -0.2) is 0 Å². The minimum Gasteiger partial charge on any atom is -0.370 e. The number of hydrogen-bond donors (Lipinski definition) is 1. The van der Waals surface area contributed by atoms with E-state index in [-0.39, 0.29) is 5.54 Å². The summed E-state index contributed by atoms with van der Waals surface area (Å²) < 4.78 is 6.38. The van der Waals surface area contributed by atoms with Gasteiger partial charge < -0.3 is 10.5 Å². The highest BCUT2D eigenvalue weighted by molar-refractivity contribution is 5.09. The highest BCUT2D eigenvalue weighted by Gasteiger charge is 2.51. The summed E-state index contributed by atoms with van der Waals surface area (Å²) in [4.78, 5) is 2.52. The van der Waals surface area contributed by atoms with E-state index in [1.165, 1.54) is 51.4 Å². The first-order valence-corrected chi connectivity index (χ1v) is 7.87. The first kappa shape index (κ1) is 11.7. The number of ether oxygens (including phenoxy) is 1. The first-order valence-electron chi connectivity index (χ1n) is 7.87. The van der Waals surface area contributed by atoms with Gasteiger partial charge in [0, 0.05) is 25.2 Å². The average molecular weight is 250 g/mol. The second-order valence-electron chi connectivity index (χ2n) is 7.35. The van der Waals surface area contributed by atoms with Crippen LogP contribution in [0.3, 0.4) is 0 Å². The Bertz CT molecular complexity index is 327. The van der Waals surface area contributed by atoms with Gasteiger partial charge in [0.05, 0.1) is 11.7 Å². The van der Waals surface area contributed by atoms with Gasteiger partial charge in [-0.1, -0.05) is 12.8 Å². The zero-order chi connectivity index (χ0) is 12.2. The summed E-state index contributed by atoms with van der Waals surface area (Å²) >= 11 is 0. The van der Waals surface area contributed by atoms with E-state index in [1.54, 1.807) is 0 Å². The Morgan fingerprint density at radius 2 is 1.78 bits per heavy atom. The van der Waals surface area contributed by atoms with Crippen LogP contribution in [0.15, 0.2) is 0 Å². The maximum Gasteiger partial charge on any atom is 0.0710 e. The van der Waals surface area contributed by atoms with Gasteiger partial charge in [-0.15, -0.1) is 0 Å². The fourth-order valence-electron chi connectivity index (χ4n) is 4.53. The molecule has 0 aromatic heterocycles. The lowest BCUT2D eigenvalue weighted by Gasteiger charge is -2.49. The minimum absolute atomic E-state index is 0.170. The van der Waals surface area contributed by atoms with Gasteiger partial charge in [-0.05, 0) is 44.4 Å². The van der Waals surface area contributed by atoms with E-state index in [0.29, 0.717) is 11.7 Å². The Hall–Kier alpha value is -0.120. The van der Waals surface area contributed by atoms with Crippen molar-refractivity contribution in [2.24, 2.45) is 11.7 Å². The Balaban J connectivity index is 1.27. The van der Waals surface area contributed by atoms with Gasteiger partial charge in [0.2, 0.25) is 0 Å². The topological polar surface area (TPSA) is 38.5 Å². The lowest BCUT2D eigenvalue weighted by atomic mass is 9.85. The highest BCUT2D eigenvalue weighted by Crippen LogP contribution is 2.45. The Morgan fingerprint density at radius 1 is 1.06 bits per heavy atom. The van der Waals surface area contributed by atoms with Crippen molar-refractivity contribution in [3.63, 3.8) is 0 Å². The van der Waals surface area contributed by atoms with Gasteiger partial charge in [0.25, 0.3) is 0 Å². The fourth-order valence-corrected chi connectivity index (χ4v) is 4.53. The Labute approximate surface area is 110 Å². The predicted molar refractivity (Wildman–Crippen MR) is 71.4 cm³/mol. The third-order valence-electron chi connectivity index (χ3n) is 5.74. The van der Waals surface area contributed by atoms with Crippen LogP contribution in [0.25, 0.3) is 0 Å². The van der Waals surface area contributed by atoms with E-state index < -0.39 is 0 Å². The first-order chi connectivity index (χ1) is 8.68. The molecule has 2 aliphatic carbocycles. The summed E-state index contributed by atoms with van der Waals surface area (Å²) in [5, 5.41) is 0. The van der Waals surface area contributed by atoms with Crippen molar-refractivity contribution in [3.05, 3.63) is 0 Å². The molecule has 0 aromatic rings. The number of nitrogens with two attached hydrogens (primary N) is 1. The molecular formula is C15H26N2O. The number of rotatable bonds is 3. The molecule has 4 rings (SSSR count). The Kier molecular flexibility index (Phi) is 2.56. The van der Waals surface area contributed by atoms with Crippen LogP contribution in [0.4, 0.5) is 0 Å². The van der Waals surface area contributed by atoms with E-state index in [4.69, 9.17) is 10.5 Å². The van der Waals surface area contributed by atoms with E-state index in [0.717, 1.165) is 25.6 Å². The highest BCUT2D eigenvalue weighted by atomic mass is 16.5. The molecule has 102 valence electrons. The van der Waals surface area contributed by atoms with Gasteiger partial charge in [-0.3, -0.25) is 4.90 Å². The predicted octanol–water partition coefficient (Wildman–Crippen LogP) is 1.90. The van der Waals surface area contributed by atoms with Gasteiger partial charge in [0.15, 0.2) is 0 Å². The number of likely N-dealkylation sites (tertiary alicyclic amines) is 1. The fraction of sp³-hybridized carbons (Fsp3) is 1.00. The lowest BCUT2D eigenvalue weighted by Crippen LogP contribution is -2.69. The molecule has 2 heterocycles. The van der Waals surface area contributed by atoms with E-state index in [1.807, 2.05) is 0 Å². The van der Waals surface area contributed by atoms with Crippen molar-refractivity contribution in [2.45, 2.75) is 68.6 Å². The summed E-state index contributed by atoms with van der Waals surface area (Å²) in [6, 6.07) is 0. The second-order valence-corrected chi connectivity index (χ2v) is 7.35. The maximum atomic E-state index is 6.41. The van der Waals surface area contributed by atoms with Gasteiger partial charge in [-0.2, -0.15) is 0 Å². The molecule has 0 amide bonds. The third-order valence-corrected chi connectivity index (χ3v) is 5.74. The zero-order valence-electron chi connectivity index (χ0n) is 11.4. The summed E-state index contributed by atoms with van der Waals surface area (Å²) in [5.74, 6) is 0.833. The van der Waals surface area contributed by atoms with Crippen LogP contribution >= 0.6 is 0 Å². The van der Waals surface area contributed by atoms with Crippen LogP contribution in [0, 0.1) is 5.92 Å². The number of nitrogens with zero attached hydrogens (tertiary/aromatic N) is 1. The molecule has 18 heavy (non-hydrogen) atoms. The molecule has 2 N–H and O–H groups in total. The Morgan fingerprint density at radius 3 is 2.44 bits per heavy atom. The van der Waals surface area contributed by atoms with Crippen molar-refractivity contribution in [1.29, 1.82) is 0 Å². The molecule has 0 radical (unpaired) electrons. The molecule has 1 unspecified atom stereocenters. The molecular weight excluding hydrogens is 224 g/mol. The lowest BCUT2D eigenvalue weighted by molar-refractivity contribution is -0.0646. The van der Waals surface area contributed by atoms with Gasteiger partial charge in [0.1, 0.15) is 0 Å². The summed E-state index contributed by atoms with van der Waals surface area (Å²) in [6.45, 7) is 3.36. The second kappa shape index (κ2) is 3.94. The molecule has 2 aliphatic heterocycles. The third kappa shape index (κ3) is 1.91. The van der Waals surface area contributed by atoms with E-state index >= 15 is 0 Å². The molecule has 0 aromatic carbocycles. The summed E-state index contributed by atoms with van der Waals surface area (Å²) in [5.41, 5.74) is 6.87. The number of hydrogen-bond acceptors (Lipinski definition) is 3. The average Bonchev–Trinajstić information content (AvgIpc) is 2.97. The largest absolute Gasteiger partial charge is 0.370 e. The molecule has 4 fully saturated rings. The van der Waals surface area contributed by atoms with Crippen LogP contribution in [-0.2, 0) is 4.74 Å². The zero-order valence-corrected chi connectivity index (χ0v) is 11.4. The monoisotopic (exact) mass is 250 g/mol. The quantitative estimate of drug-likeness (QED) is 0.831. The van der Waals surface area contributed by atoms with Crippen LogP contribution in [-0.4, -0.2) is 41.8 Å². The summed E-state index contributed by atoms with van der Waals surface area (Å²) in [7, 11) is 0. The smallest absolute Gasteiger partial charge is 0.0710 e. The van der Waals surface area contributed by atoms with E-state index in [9.17, 15) is 0 Å². The van der Waals surface area contributed by atoms with E-state index in [2.05, 4.69) is 4.90 Å². The molecule has 2 saturated heterocycles. The maximum absolute atomic E-state index is 6.41. The van der Waals surface area contributed by atoms with Crippen molar-refractivity contribution in [3.8, 4) is 0 Å². The molecule has 0 bridgehead atoms. The molecule has 4 aliphatic rings. The normalized spacial score (nSPS) is 38.2. The van der Waals surface area contributed by atoms with Crippen LogP contribution in [0.1, 0.15) is 51.4 Å². The standard InChI is InChI=1S/C15H26N2O/c16-15(12-3-4-12)10-17(11-15)9-13-5-8-14(18-13)6-1-2-7-14/h12-13H,1-11,16H2. The molecule has 3 nitrogen and oxygen atoms in total.